The molecule has 0 spiro atoms. The fourth-order valence-corrected chi connectivity index (χ4v) is 16.0. The van der Waals surface area contributed by atoms with Crippen molar-refractivity contribution in [1.82, 2.24) is 29.6 Å². The van der Waals surface area contributed by atoms with Gasteiger partial charge in [0.15, 0.2) is 0 Å². The van der Waals surface area contributed by atoms with Crippen molar-refractivity contribution in [2.75, 3.05) is 99.8 Å². The average Bonchev–Trinajstić information content (AvgIpc) is 1.74. The lowest BCUT2D eigenvalue weighted by Crippen LogP contribution is -2.54. The van der Waals surface area contributed by atoms with Crippen molar-refractivity contribution in [3.8, 4) is 0 Å². The summed E-state index contributed by atoms with van der Waals surface area (Å²) in [5.74, 6) is -3.07. The third-order valence-electron chi connectivity index (χ3n) is 19.2. The topological polar surface area (TPSA) is 218 Å². The molecule has 5 aromatic carbocycles. The Morgan fingerprint density at radius 3 is 2.09 bits per heavy atom. The highest BCUT2D eigenvalue weighted by molar-refractivity contribution is 7.99. The van der Waals surface area contributed by atoms with Crippen molar-refractivity contribution in [3.05, 3.63) is 148 Å². The molecule has 5 aliphatic rings. The highest BCUT2D eigenvalue weighted by atomic mass is 35.5. The zero-order valence-corrected chi connectivity index (χ0v) is 56.4. The molecule has 18 nitrogen and oxygen atoms in total. The molecule has 0 aromatic heterocycles. The third-order valence-corrected chi connectivity index (χ3v) is 23.5. The molecule has 4 heterocycles. The van der Waals surface area contributed by atoms with Gasteiger partial charge in [0.2, 0.25) is 11.8 Å². The number of rotatable bonds is 23. The fraction of sp³-hybridized carbons (Fsp3) is 0.456. The monoisotopic (exact) mass is 1360 g/mol. The predicted molar refractivity (Wildman–Crippen MR) is 357 cm³/mol. The number of halogens is 4. The number of piperidine rings is 1. The van der Waals surface area contributed by atoms with Gasteiger partial charge in [0.05, 0.1) is 21.7 Å². The van der Waals surface area contributed by atoms with Gasteiger partial charge in [-0.05, 0) is 138 Å². The van der Waals surface area contributed by atoms with Crippen LogP contribution < -0.4 is 25.6 Å². The summed E-state index contributed by atoms with van der Waals surface area (Å²) in [7, 11) is -11.1. The van der Waals surface area contributed by atoms with Crippen LogP contribution in [0.5, 0.6) is 0 Å². The summed E-state index contributed by atoms with van der Waals surface area (Å²) < 4.78 is 100. The molecule has 10 rings (SSSR count). The number of allylic oxidation sites excluding steroid dienone is 1. The van der Waals surface area contributed by atoms with E-state index in [2.05, 4.69) is 89.2 Å². The Kier molecular flexibility index (Phi) is 20.7. The van der Waals surface area contributed by atoms with Crippen LogP contribution in [0.25, 0.3) is 5.57 Å². The lowest BCUT2D eigenvalue weighted by molar-refractivity contribution is -0.136. The predicted octanol–water partition coefficient (Wildman–Crippen LogP) is 10.7. The molecule has 93 heavy (non-hydrogen) atoms. The van der Waals surface area contributed by atoms with Gasteiger partial charge in [-0.3, -0.25) is 39.1 Å². The van der Waals surface area contributed by atoms with Gasteiger partial charge >= 0.3 is 5.51 Å². The SMILES string of the molecule is CC1(C)CCC(c2ccc(Cl)cc2)=C(CN2CCN(c3ccc(C(=O)NS(=O)(=O)c4ccc(N[C@H](CCN5CCN(CC(C)(C)C(C)(C)CNc6cccc7c6C(=O)N([C@H]6CCC(=O)NC6=O)C7=O)CC5)CSc5ccccc5)c(S(=O)(=O)C(F)(F)F)c4)cc3)CC2)C1. The van der Waals surface area contributed by atoms with E-state index in [1.165, 1.54) is 40.6 Å². The minimum Gasteiger partial charge on any atom is -0.384 e. The number of alkyl halides is 3. The molecule has 4 N–H and O–H groups in total. The molecule has 3 saturated heterocycles. The first kappa shape index (κ1) is 69.0. The summed E-state index contributed by atoms with van der Waals surface area (Å²) in [6.07, 6.45) is 3.53. The average molecular weight is 1360 g/mol. The van der Waals surface area contributed by atoms with E-state index in [1.54, 1.807) is 30.3 Å². The molecular weight excluding hydrogens is 1280 g/mol. The van der Waals surface area contributed by atoms with Gasteiger partial charge in [-0.1, -0.05) is 95.1 Å². The van der Waals surface area contributed by atoms with Gasteiger partial charge in [-0.15, -0.1) is 11.8 Å². The molecule has 0 radical (unpaired) electrons. The Labute approximate surface area is 552 Å². The maximum absolute atomic E-state index is 14.6. The van der Waals surface area contributed by atoms with E-state index in [9.17, 15) is 54.0 Å². The van der Waals surface area contributed by atoms with Crippen molar-refractivity contribution in [1.29, 1.82) is 0 Å². The van der Waals surface area contributed by atoms with E-state index in [-0.39, 0.29) is 45.8 Å². The number of amides is 5. The van der Waals surface area contributed by atoms with Crippen molar-refractivity contribution >= 4 is 95.4 Å². The second-order valence-corrected chi connectivity index (χ2v) is 32.1. The summed E-state index contributed by atoms with van der Waals surface area (Å²) >= 11 is 7.65. The number of hydrogen-bond donors (Lipinski definition) is 4. The third kappa shape index (κ3) is 16.0. The fourth-order valence-electron chi connectivity index (χ4n) is 12.8. The number of nitrogens with one attached hydrogen (secondary N) is 4. The molecule has 4 aliphatic heterocycles. The second-order valence-electron chi connectivity index (χ2n) is 27.0. The number of thioether (sulfide) groups is 1. The number of carbonyl (C=O) groups is 5. The zero-order chi connectivity index (χ0) is 66.8. The van der Waals surface area contributed by atoms with Crippen LogP contribution in [0.15, 0.2) is 136 Å². The van der Waals surface area contributed by atoms with Crippen molar-refractivity contribution in [3.63, 3.8) is 0 Å². The van der Waals surface area contributed by atoms with Gasteiger partial charge < -0.3 is 25.3 Å². The highest BCUT2D eigenvalue weighted by Crippen LogP contribution is 2.44. The minimum absolute atomic E-state index is 0.0130. The van der Waals surface area contributed by atoms with E-state index in [4.69, 9.17) is 11.6 Å². The van der Waals surface area contributed by atoms with E-state index >= 15 is 0 Å². The summed E-state index contributed by atoms with van der Waals surface area (Å²) in [4.78, 5) is 74.4. The molecular formula is C68H81ClF3N9O9S3. The van der Waals surface area contributed by atoms with Crippen LogP contribution in [-0.2, 0) is 29.4 Å². The van der Waals surface area contributed by atoms with Crippen molar-refractivity contribution < 1.29 is 54.0 Å². The van der Waals surface area contributed by atoms with Gasteiger partial charge in [0.25, 0.3) is 37.6 Å². The second kappa shape index (κ2) is 27.9. The summed E-state index contributed by atoms with van der Waals surface area (Å²) in [5.41, 5.74) is -1.10. The highest BCUT2D eigenvalue weighted by Gasteiger charge is 2.49. The van der Waals surface area contributed by atoms with Crippen molar-refractivity contribution in [2.24, 2.45) is 16.2 Å². The maximum atomic E-state index is 14.6. The number of anilines is 3. The first-order chi connectivity index (χ1) is 43.9. The number of carbonyl (C=O) groups excluding carboxylic acids is 5. The van der Waals surface area contributed by atoms with Gasteiger partial charge in [-0.2, -0.15) is 13.2 Å². The number of nitrogens with zero attached hydrogens (tertiary/aromatic N) is 5. The first-order valence-electron chi connectivity index (χ1n) is 31.4. The normalized spacial score (nSPS) is 19.4. The number of fused-ring (bicyclic) bond motifs is 1. The maximum Gasteiger partial charge on any atom is 0.501 e. The Bertz CT molecular complexity index is 3890. The van der Waals surface area contributed by atoms with E-state index in [0.29, 0.717) is 87.9 Å². The number of imide groups is 2. The zero-order valence-electron chi connectivity index (χ0n) is 53.2. The summed E-state index contributed by atoms with van der Waals surface area (Å²) in [6.45, 7) is 21.4. The molecule has 0 saturated carbocycles. The van der Waals surface area contributed by atoms with E-state index in [0.717, 1.165) is 66.5 Å². The molecule has 5 aromatic rings. The standard InChI is InChI=1S/C68H81ClF3N9O9S3/c1-65(2)29-27-53(45-15-19-48(69)20-16-45)47(40-65)41-78-35-37-80(38-36-78)50-21-17-46(18-22-50)61(83)76-93(89,90)52-23-24-55(58(39-52)92(87,88)68(70,71)72)74-49(42-91-51-11-8-7-9-12-51)28-30-77-31-33-79(34-32-77)44-67(5,6)66(3,4)43-73-56-14-10-13-54-60(56)64(86)81(63(54)85)57-25-26-59(82)75-62(57)84/h7-24,39,49,57,73-74H,25-38,40-44H2,1-6H3,(H,76,83)(H,75,82,84)/t49-,57+/m1/s1. The summed E-state index contributed by atoms with van der Waals surface area (Å²) in [6, 6.07) is 29.4. The molecule has 0 unspecified atom stereocenters. The number of sulfone groups is 1. The van der Waals surface area contributed by atoms with E-state index < -0.39 is 82.5 Å². The lowest BCUT2D eigenvalue weighted by atomic mass is 9.67. The first-order valence-corrected chi connectivity index (χ1v) is 35.8. The Morgan fingerprint density at radius 1 is 0.753 bits per heavy atom. The quantitative estimate of drug-likeness (QED) is 0.0353. The Balaban J connectivity index is 0.755. The number of piperazine rings is 2. The van der Waals surface area contributed by atoms with Crippen LogP contribution in [0.1, 0.15) is 117 Å². The van der Waals surface area contributed by atoms with E-state index in [1.807, 2.05) is 47.2 Å². The molecule has 0 bridgehead atoms. The van der Waals surface area contributed by atoms with Gasteiger partial charge in [-0.25, -0.2) is 21.6 Å². The molecule has 2 atom stereocenters. The molecule has 1 aliphatic carbocycles. The van der Waals surface area contributed by atoms with Gasteiger partial charge in [0, 0.05) is 124 Å². The van der Waals surface area contributed by atoms with Crippen molar-refractivity contribution in [2.45, 2.75) is 112 Å². The van der Waals surface area contributed by atoms with Crippen LogP contribution in [0.3, 0.4) is 0 Å². The van der Waals surface area contributed by atoms with Crippen LogP contribution in [0, 0.1) is 16.2 Å². The minimum atomic E-state index is -6.16. The van der Waals surface area contributed by atoms with Crippen LogP contribution in [-0.4, -0.2) is 168 Å². The largest absolute Gasteiger partial charge is 0.501 e. The molecule has 25 heteroatoms. The number of benzene rings is 5. The molecule has 498 valence electrons. The molecule has 3 fully saturated rings. The Morgan fingerprint density at radius 2 is 1.42 bits per heavy atom. The van der Waals surface area contributed by atoms with Gasteiger partial charge in [0.1, 0.15) is 10.9 Å². The smallest absolute Gasteiger partial charge is 0.384 e. The van der Waals surface area contributed by atoms with Crippen LogP contribution >= 0.6 is 23.4 Å². The number of sulfonamides is 1. The van der Waals surface area contributed by atoms with Crippen LogP contribution in [0.4, 0.5) is 30.2 Å². The lowest BCUT2D eigenvalue weighted by Gasteiger charge is -2.46. The number of hydrogen-bond acceptors (Lipinski definition) is 16. The molecule has 5 amide bonds. The summed E-state index contributed by atoms with van der Waals surface area (Å²) in [5, 5.41) is 9.43. The Hall–Kier alpha value is -6.80. The van der Waals surface area contributed by atoms with Crippen LogP contribution in [0.2, 0.25) is 5.02 Å².